The Morgan fingerprint density at radius 3 is 2.28 bits per heavy atom. The van der Waals surface area contributed by atoms with Gasteiger partial charge in [-0.05, 0) is 57.7 Å². The van der Waals surface area contributed by atoms with Gasteiger partial charge in [-0.15, -0.1) is 0 Å². The second kappa shape index (κ2) is 7.95. The van der Waals surface area contributed by atoms with Crippen LogP contribution in [0, 0.1) is 11.3 Å². The fraction of sp³-hybridized carbons (Fsp3) is 0.857. The number of carbonyl (C=O) groups excluding carboxylic acids is 1. The molecule has 1 saturated carbocycles. The van der Waals surface area contributed by atoms with Crippen LogP contribution in [0.15, 0.2) is 12.2 Å². The SMILES string of the molecule is CCCC/C=C\[C@H]1C[C@@]1(CO[Si](C)(C)C(C)(C)C)C(=O)OC(C)(C)C. The maximum absolute atomic E-state index is 12.9. The number of hydrogen-bond acceptors (Lipinski definition) is 3. The molecule has 0 aromatic heterocycles. The highest BCUT2D eigenvalue weighted by Gasteiger charge is 2.61. The number of unbranched alkanes of at least 4 members (excludes halogenated alkanes) is 2. The molecule has 25 heavy (non-hydrogen) atoms. The van der Waals surface area contributed by atoms with Crippen LogP contribution in [-0.4, -0.2) is 26.5 Å². The molecule has 0 heterocycles. The molecular weight excluding hydrogens is 328 g/mol. The summed E-state index contributed by atoms with van der Waals surface area (Å²) in [6.45, 7) is 19.7. The minimum atomic E-state index is -1.88. The number of esters is 1. The summed E-state index contributed by atoms with van der Waals surface area (Å²) in [6, 6.07) is 0. The number of rotatable bonds is 8. The van der Waals surface area contributed by atoms with Gasteiger partial charge in [0.05, 0.1) is 12.0 Å². The van der Waals surface area contributed by atoms with E-state index in [1.165, 1.54) is 12.8 Å². The van der Waals surface area contributed by atoms with E-state index in [1.807, 2.05) is 20.8 Å². The lowest BCUT2D eigenvalue weighted by Gasteiger charge is -2.37. The van der Waals surface area contributed by atoms with Crippen molar-refractivity contribution in [3.63, 3.8) is 0 Å². The van der Waals surface area contributed by atoms with E-state index in [-0.39, 0.29) is 16.9 Å². The zero-order valence-corrected chi connectivity index (χ0v) is 19.0. The van der Waals surface area contributed by atoms with Gasteiger partial charge in [0, 0.05) is 0 Å². The molecule has 0 aromatic rings. The second-order valence-electron chi connectivity index (χ2n) is 10.1. The summed E-state index contributed by atoms with van der Waals surface area (Å²) in [4.78, 5) is 12.9. The lowest BCUT2D eigenvalue weighted by Crippen LogP contribution is -2.44. The number of hydrogen-bond donors (Lipinski definition) is 0. The highest BCUT2D eigenvalue weighted by atomic mass is 28.4. The summed E-state index contributed by atoms with van der Waals surface area (Å²) in [5.74, 6) is 0.160. The molecule has 0 N–H and O–H groups in total. The quantitative estimate of drug-likeness (QED) is 0.225. The van der Waals surface area contributed by atoms with Gasteiger partial charge >= 0.3 is 5.97 Å². The predicted octanol–water partition coefficient (Wildman–Crippen LogP) is 6.10. The monoisotopic (exact) mass is 368 g/mol. The molecule has 1 aliphatic rings. The summed E-state index contributed by atoms with van der Waals surface area (Å²) < 4.78 is 12.2. The Bertz CT molecular complexity index is 482. The molecule has 0 saturated heterocycles. The topological polar surface area (TPSA) is 35.5 Å². The van der Waals surface area contributed by atoms with Crippen LogP contribution in [0.3, 0.4) is 0 Å². The second-order valence-corrected chi connectivity index (χ2v) is 14.9. The Kier molecular flexibility index (Phi) is 7.14. The van der Waals surface area contributed by atoms with Crippen molar-refractivity contribution in [3.8, 4) is 0 Å². The Morgan fingerprint density at radius 2 is 1.80 bits per heavy atom. The third-order valence-corrected chi connectivity index (χ3v) is 10.0. The summed E-state index contributed by atoms with van der Waals surface area (Å²) in [7, 11) is -1.88. The maximum atomic E-state index is 12.9. The van der Waals surface area contributed by atoms with Crippen molar-refractivity contribution in [2.45, 2.75) is 97.9 Å². The van der Waals surface area contributed by atoms with Crippen LogP contribution >= 0.6 is 0 Å². The molecule has 2 atom stereocenters. The van der Waals surface area contributed by atoms with E-state index in [4.69, 9.17) is 9.16 Å². The van der Waals surface area contributed by atoms with Crippen molar-refractivity contribution in [1.29, 1.82) is 0 Å². The molecule has 1 fully saturated rings. The van der Waals surface area contributed by atoms with Crippen LogP contribution in [0.4, 0.5) is 0 Å². The summed E-state index contributed by atoms with van der Waals surface area (Å²) >= 11 is 0. The van der Waals surface area contributed by atoms with Gasteiger partial charge in [-0.3, -0.25) is 4.79 Å². The minimum absolute atomic E-state index is 0.0937. The Morgan fingerprint density at radius 1 is 1.20 bits per heavy atom. The van der Waals surface area contributed by atoms with Gasteiger partial charge in [-0.25, -0.2) is 0 Å². The maximum Gasteiger partial charge on any atom is 0.315 e. The molecule has 0 spiro atoms. The van der Waals surface area contributed by atoms with Crippen LogP contribution in [-0.2, 0) is 14.0 Å². The molecule has 0 bridgehead atoms. The summed E-state index contributed by atoms with van der Waals surface area (Å²) in [5.41, 5.74) is -0.939. The first-order valence-electron chi connectivity index (χ1n) is 9.79. The number of ether oxygens (including phenoxy) is 1. The fourth-order valence-corrected chi connectivity index (χ4v) is 3.58. The molecule has 0 radical (unpaired) electrons. The first-order chi connectivity index (χ1) is 11.3. The van der Waals surface area contributed by atoms with Gasteiger partial charge in [0.2, 0.25) is 0 Å². The zero-order chi connectivity index (χ0) is 19.5. The number of carbonyl (C=O) groups is 1. The molecular formula is C21H40O3Si. The van der Waals surface area contributed by atoms with E-state index in [0.29, 0.717) is 6.61 Å². The molecule has 146 valence electrons. The average Bonchev–Trinajstić information content (AvgIpc) is 3.13. The zero-order valence-electron chi connectivity index (χ0n) is 18.0. The Hall–Kier alpha value is -0.613. The van der Waals surface area contributed by atoms with Gasteiger partial charge in [-0.2, -0.15) is 0 Å². The third-order valence-electron chi connectivity index (χ3n) is 5.53. The van der Waals surface area contributed by atoms with Crippen LogP contribution in [0.1, 0.15) is 74.1 Å². The Balaban J connectivity index is 2.85. The first-order valence-corrected chi connectivity index (χ1v) is 12.7. The van der Waals surface area contributed by atoms with E-state index in [0.717, 1.165) is 12.8 Å². The lowest BCUT2D eigenvalue weighted by molar-refractivity contribution is -0.163. The van der Waals surface area contributed by atoms with E-state index in [2.05, 4.69) is 52.9 Å². The van der Waals surface area contributed by atoms with Crippen molar-refractivity contribution in [3.05, 3.63) is 12.2 Å². The fourth-order valence-electron chi connectivity index (χ4n) is 2.53. The van der Waals surface area contributed by atoms with Crippen molar-refractivity contribution in [2.24, 2.45) is 11.3 Å². The van der Waals surface area contributed by atoms with Gasteiger partial charge in [0.1, 0.15) is 5.60 Å². The Labute approximate surface area is 156 Å². The van der Waals surface area contributed by atoms with E-state index in [1.54, 1.807) is 0 Å². The van der Waals surface area contributed by atoms with Gasteiger partial charge in [0.15, 0.2) is 8.32 Å². The minimum Gasteiger partial charge on any atom is -0.459 e. The highest BCUT2D eigenvalue weighted by Crippen LogP contribution is 2.56. The molecule has 3 nitrogen and oxygen atoms in total. The van der Waals surface area contributed by atoms with Crippen LogP contribution in [0.2, 0.25) is 18.1 Å². The van der Waals surface area contributed by atoms with Gasteiger partial charge in [0.25, 0.3) is 0 Å². The third kappa shape index (κ3) is 6.25. The van der Waals surface area contributed by atoms with Crippen LogP contribution < -0.4 is 0 Å². The molecule has 0 aromatic carbocycles. The normalized spacial score (nSPS) is 24.6. The van der Waals surface area contributed by atoms with Crippen molar-refractivity contribution in [2.75, 3.05) is 6.61 Å². The predicted molar refractivity (Wildman–Crippen MR) is 108 cm³/mol. The summed E-state index contributed by atoms with van der Waals surface area (Å²) in [5, 5.41) is 0.142. The molecule has 0 aliphatic heterocycles. The van der Waals surface area contributed by atoms with Crippen LogP contribution in [0.25, 0.3) is 0 Å². The first kappa shape index (κ1) is 22.4. The largest absolute Gasteiger partial charge is 0.459 e. The van der Waals surface area contributed by atoms with E-state index in [9.17, 15) is 4.79 Å². The van der Waals surface area contributed by atoms with Gasteiger partial charge in [-0.1, -0.05) is 52.7 Å². The molecule has 0 amide bonds. The standard InChI is InChI=1S/C21H40O3Si/c1-10-11-12-13-14-17-15-21(17,18(22)24-19(2,3)4)16-23-25(8,9)20(5,6)7/h13-14,17H,10-12,15-16H2,1-9H3/b14-13-/t17-,21-/m0/s1. The van der Waals surface area contributed by atoms with Crippen molar-refractivity contribution >= 4 is 14.3 Å². The molecule has 0 unspecified atom stereocenters. The number of allylic oxidation sites excluding steroid dienone is 2. The molecule has 4 heteroatoms. The van der Waals surface area contributed by atoms with Crippen LogP contribution in [0.5, 0.6) is 0 Å². The van der Waals surface area contributed by atoms with E-state index < -0.39 is 19.3 Å². The smallest absolute Gasteiger partial charge is 0.315 e. The average molecular weight is 369 g/mol. The molecule has 1 rings (SSSR count). The van der Waals surface area contributed by atoms with Crippen molar-refractivity contribution < 1.29 is 14.0 Å². The lowest BCUT2D eigenvalue weighted by atomic mass is 10.0. The summed E-state index contributed by atoms with van der Waals surface area (Å²) in [6.07, 6.45) is 8.77. The van der Waals surface area contributed by atoms with Crippen molar-refractivity contribution in [1.82, 2.24) is 0 Å². The highest BCUT2D eigenvalue weighted by molar-refractivity contribution is 6.74. The van der Waals surface area contributed by atoms with Gasteiger partial charge < -0.3 is 9.16 Å². The van der Waals surface area contributed by atoms with E-state index >= 15 is 0 Å². The molecule has 1 aliphatic carbocycles.